The number of hydrogen-bond donors (Lipinski definition) is 0. The summed E-state index contributed by atoms with van der Waals surface area (Å²) >= 11 is 0. The van der Waals surface area contributed by atoms with Gasteiger partial charge in [-0.05, 0) is 42.0 Å². The lowest BCUT2D eigenvalue weighted by Crippen LogP contribution is -2.26. The highest BCUT2D eigenvalue weighted by molar-refractivity contribution is 5.94. The van der Waals surface area contributed by atoms with E-state index in [1.807, 2.05) is 12.1 Å². The second-order valence-corrected chi connectivity index (χ2v) is 4.25. The van der Waals surface area contributed by atoms with E-state index in [0.29, 0.717) is 12.1 Å². The fraction of sp³-hybridized carbons (Fsp3) is 0.200. The smallest absolute Gasteiger partial charge is 0.253 e. The molecule has 0 unspecified atom stereocenters. The number of nitrogens with zero attached hydrogens (tertiary/aromatic N) is 2. The molecule has 4 nitrogen and oxygen atoms in total. The van der Waals surface area contributed by atoms with Gasteiger partial charge in [0.15, 0.2) is 0 Å². The normalized spacial score (nSPS) is 10.0. The first-order valence-electron chi connectivity index (χ1n) is 5.99. The minimum atomic E-state index is -0.0144. The highest BCUT2D eigenvalue weighted by atomic mass is 16.5. The van der Waals surface area contributed by atoms with Crippen LogP contribution in [0.4, 0.5) is 0 Å². The van der Waals surface area contributed by atoms with E-state index >= 15 is 0 Å². The highest BCUT2D eigenvalue weighted by Crippen LogP contribution is 2.13. The van der Waals surface area contributed by atoms with Crippen LogP contribution >= 0.6 is 0 Å². The maximum Gasteiger partial charge on any atom is 0.253 e. The highest BCUT2D eigenvalue weighted by Gasteiger charge is 2.11. The van der Waals surface area contributed by atoms with Gasteiger partial charge in [0.05, 0.1) is 7.11 Å². The fourth-order valence-electron chi connectivity index (χ4n) is 1.79. The Morgan fingerprint density at radius 3 is 2.37 bits per heavy atom. The molecule has 2 rings (SSSR count). The molecule has 0 aliphatic carbocycles. The topological polar surface area (TPSA) is 42.4 Å². The summed E-state index contributed by atoms with van der Waals surface area (Å²) in [6, 6.07) is 10.9. The van der Waals surface area contributed by atoms with Gasteiger partial charge in [-0.2, -0.15) is 0 Å². The average Bonchev–Trinajstić information content (AvgIpc) is 2.47. The van der Waals surface area contributed by atoms with E-state index in [4.69, 9.17) is 4.74 Å². The van der Waals surface area contributed by atoms with Crippen LogP contribution in [0.25, 0.3) is 0 Å². The molecular weight excluding hydrogens is 240 g/mol. The number of benzene rings is 1. The summed E-state index contributed by atoms with van der Waals surface area (Å²) in [6.45, 7) is 0.563. The van der Waals surface area contributed by atoms with E-state index in [-0.39, 0.29) is 5.91 Å². The van der Waals surface area contributed by atoms with Crippen molar-refractivity contribution in [2.75, 3.05) is 14.2 Å². The molecule has 1 aromatic carbocycles. The maximum absolute atomic E-state index is 12.2. The van der Waals surface area contributed by atoms with Gasteiger partial charge in [-0.3, -0.25) is 9.78 Å². The molecular formula is C15H16N2O2. The lowest BCUT2D eigenvalue weighted by Gasteiger charge is -2.17. The molecule has 0 aliphatic heterocycles. The van der Waals surface area contributed by atoms with Gasteiger partial charge < -0.3 is 9.64 Å². The first-order chi connectivity index (χ1) is 9.20. The van der Waals surface area contributed by atoms with Crippen molar-refractivity contribution in [3.8, 4) is 5.75 Å². The lowest BCUT2D eigenvalue weighted by atomic mass is 10.2. The molecule has 0 atom stereocenters. The molecule has 1 aromatic heterocycles. The Morgan fingerprint density at radius 1 is 1.16 bits per heavy atom. The molecule has 19 heavy (non-hydrogen) atoms. The molecule has 0 bridgehead atoms. The van der Waals surface area contributed by atoms with E-state index in [9.17, 15) is 4.79 Å². The Hall–Kier alpha value is -2.36. The molecule has 0 fully saturated rings. The van der Waals surface area contributed by atoms with Crippen molar-refractivity contribution in [1.82, 2.24) is 9.88 Å². The average molecular weight is 256 g/mol. The monoisotopic (exact) mass is 256 g/mol. The number of carbonyl (C=O) groups is 1. The van der Waals surface area contributed by atoms with Crippen molar-refractivity contribution in [3.05, 3.63) is 59.9 Å². The van der Waals surface area contributed by atoms with Crippen molar-refractivity contribution in [1.29, 1.82) is 0 Å². The second kappa shape index (κ2) is 6.00. The van der Waals surface area contributed by atoms with Crippen molar-refractivity contribution in [2.45, 2.75) is 6.54 Å². The van der Waals surface area contributed by atoms with Gasteiger partial charge in [0, 0.05) is 31.5 Å². The summed E-state index contributed by atoms with van der Waals surface area (Å²) in [7, 11) is 3.39. The van der Waals surface area contributed by atoms with E-state index in [1.54, 1.807) is 55.7 Å². The third-order valence-electron chi connectivity index (χ3n) is 2.85. The number of aromatic nitrogens is 1. The fourth-order valence-corrected chi connectivity index (χ4v) is 1.79. The maximum atomic E-state index is 12.2. The summed E-state index contributed by atoms with van der Waals surface area (Å²) in [5, 5.41) is 0. The van der Waals surface area contributed by atoms with Crippen molar-refractivity contribution >= 4 is 5.91 Å². The molecule has 1 amide bonds. The Labute approximate surface area is 112 Å². The molecule has 0 spiro atoms. The van der Waals surface area contributed by atoms with E-state index in [1.165, 1.54) is 0 Å². The predicted octanol–water partition coefficient (Wildman–Crippen LogP) is 2.36. The van der Waals surface area contributed by atoms with Crippen molar-refractivity contribution in [3.63, 3.8) is 0 Å². The molecule has 0 aliphatic rings. The van der Waals surface area contributed by atoms with Crippen LogP contribution in [0.5, 0.6) is 5.75 Å². The number of ether oxygens (including phenoxy) is 1. The zero-order valence-corrected chi connectivity index (χ0v) is 11.0. The summed E-state index contributed by atoms with van der Waals surface area (Å²) < 4.78 is 5.07. The lowest BCUT2D eigenvalue weighted by molar-refractivity contribution is 0.0785. The summed E-state index contributed by atoms with van der Waals surface area (Å²) in [6.07, 6.45) is 3.45. The van der Waals surface area contributed by atoms with Gasteiger partial charge >= 0.3 is 0 Å². The summed E-state index contributed by atoms with van der Waals surface area (Å²) in [5.74, 6) is 0.729. The molecule has 1 heterocycles. The van der Waals surface area contributed by atoms with Crippen LogP contribution in [0, 0.1) is 0 Å². The largest absolute Gasteiger partial charge is 0.497 e. The molecule has 0 saturated carbocycles. The van der Waals surface area contributed by atoms with Crippen LogP contribution in [0.15, 0.2) is 48.8 Å². The zero-order chi connectivity index (χ0) is 13.7. The number of rotatable bonds is 4. The molecule has 0 saturated heterocycles. The van der Waals surface area contributed by atoms with Crippen LogP contribution < -0.4 is 4.74 Å². The minimum absolute atomic E-state index is 0.0144. The van der Waals surface area contributed by atoms with Gasteiger partial charge in [-0.25, -0.2) is 0 Å². The SMILES string of the molecule is COc1ccc(C(=O)N(C)Cc2ccncc2)cc1. The number of hydrogen-bond acceptors (Lipinski definition) is 3. The van der Waals surface area contributed by atoms with Gasteiger partial charge in [0.1, 0.15) is 5.75 Å². The number of pyridine rings is 1. The van der Waals surface area contributed by atoms with Crippen molar-refractivity contribution in [2.24, 2.45) is 0 Å². The summed E-state index contributed by atoms with van der Waals surface area (Å²) in [5.41, 5.74) is 1.71. The third-order valence-corrected chi connectivity index (χ3v) is 2.85. The minimum Gasteiger partial charge on any atom is -0.497 e. The van der Waals surface area contributed by atoms with E-state index in [2.05, 4.69) is 4.98 Å². The van der Waals surface area contributed by atoms with Gasteiger partial charge in [-0.1, -0.05) is 0 Å². The molecule has 0 N–H and O–H groups in total. The number of amides is 1. The van der Waals surface area contributed by atoms with Crippen LogP contribution in [-0.4, -0.2) is 29.9 Å². The van der Waals surface area contributed by atoms with Crippen LogP contribution in [0.1, 0.15) is 15.9 Å². The van der Waals surface area contributed by atoms with Gasteiger partial charge in [0.2, 0.25) is 0 Å². The Kier molecular flexibility index (Phi) is 4.13. The molecule has 2 aromatic rings. The first-order valence-corrected chi connectivity index (χ1v) is 5.99. The van der Waals surface area contributed by atoms with Gasteiger partial charge in [-0.15, -0.1) is 0 Å². The van der Waals surface area contributed by atoms with E-state index < -0.39 is 0 Å². The van der Waals surface area contributed by atoms with E-state index in [0.717, 1.165) is 11.3 Å². The van der Waals surface area contributed by atoms with Crippen molar-refractivity contribution < 1.29 is 9.53 Å². The van der Waals surface area contributed by atoms with Crippen LogP contribution in [0.3, 0.4) is 0 Å². The second-order valence-electron chi connectivity index (χ2n) is 4.25. The third kappa shape index (κ3) is 3.31. The number of methoxy groups -OCH3 is 1. The van der Waals surface area contributed by atoms with Gasteiger partial charge in [0.25, 0.3) is 5.91 Å². The Balaban J connectivity index is 2.06. The molecule has 0 radical (unpaired) electrons. The van der Waals surface area contributed by atoms with Crippen LogP contribution in [-0.2, 0) is 6.54 Å². The predicted molar refractivity (Wildman–Crippen MR) is 73.0 cm³/mol. The standard InChI is InChI=1S/C15H16N2O2/c1-17(11-12-7-9-16-10-8-12)15(18)13-3-5-14(19-2)6-4-13/h3-10H,11H2,1-2H3. The first kappa shape index (κ1) is 13.1. The van der Waals surface area contributed by atoms with Crippen LogP contribution in [0.2, 0.25) is 0 Å². The zero-order valence-electron chi connectivity index (χ0n) is 11.0. The number of carbonyl (C=O) groups excluding carboxylic acids is 1. The molecule has 4 heteroatoms. The quantitative estimate of drug-likeness (QED) is 0.843. The Morgan fingerprint density at radius 2 is 1.79 bits per heavy atom. The molecule has 98 valence electrons. The summed E-state index contributed by atoms with van der Waals surface area (Å²) in [4.78, 5) is 17.9. The Bertz CT molecular complexity index is 538.